The van der Waals surface area contributed by atoms with Crippen molar-refractivity contribution >= 4 is 18.3 Å². The van der Waals surface area contributed by atoms with Gasteiger partial charge < -0.3 is 10.2 Å². The Morgan fingerprint density at radius 3 is 2.39 bits per heavy atom. The van der Waals surface area contributed by atoms with Crippen LogP contribution in [0.15, 0.2) is 6.20 Å². The van der Waals surface area contributed by atoms with Crippen LogP contribution in [-0.4, -0.2) is 52.0 Å². The maximum absolute atomic E-state index is 12.7. The molecule has 0 spiro atoms. The number of fused-ring (bicyclic) bond motifs is 1. The van der Waals surface area contributed by atoms with Crippen LogP contribution in [0.3, 0.4) is 0 Å². The molecule has 2 unspecified atom stereocenters. The van der Waals surface area contributed by atoms with Crippen molar-refractivity contribution in [3.05, 3.63) is 11.9 Å². The molecule has 1 aromatic rings. The third-order valence-electron chi connectivity index (χ3n) is 5.68. The Morgan fingerprint density at radius 1 is 1.09 bits per heavy atom. The van der Waals surface area contributed by atoms with Gasteiger partial charge in [0.25, 0.3) is 5.91 Å². The van der Waals surface area contributed by atoms with Gasteiger partial charge in [-0.25, -0.2) is 4.68 Å². The monoisotopic (exact) mass is 339 g/mol. The highest BCUT2D eigenvalue weighted by atomic mass is 35.5. The Morgan fingerprint density at radius 2 is 1.74 bits per heavy atom. The van der Waals surface area contributed by atoms with Crippen molar-refractivity contribution in [2.75, 3.05) is 26.2 Å². The molecule has 6 nitrogen and oxygen atoms in total. The van der Waals surface area contributed by atoms with Gasteiger partial charge in [0.1, 0.15) is 0 Å². The maximum atomic E-state index is 12.7. The van der Waals surface area contributed by atoms with Crippen molar-refractivity contribution in [3.63, 3.8) is 0 Å². The Hall–Kier alpha value is -1.14. The van der Waals surface area contributed by atoms with Crippen molar-refractivity contribution in [2.24, 2.45) is 11.8 Å². The van der Waals surface area contributed by atoms with Crippen LogP contribution in [-0.2, 0) is 0 Å². The first-order valence-electron chi connectivity index (χ1n) is 8.73. The van der Waals surface area contributed by atoms with E-state index < -0.39 is 0 Å². The van der Waals surface area contributed by atoms with Crippen molar-refractivity contribution in [3.8, 4) is 0 Å². The van der Waals surface area contributed by atoms with Gasteiger partial charge in [0.05, 0.1) is 12.2 Å². The minimum absolute atomic E-state index is 0. The molecular weight excluding hydrogens is 314 g/mol. The van der Waals surface area contributed by atoms with Crippen LogP contribution in [0.5, 0.6) is 0 Å². The molecule has 4 rings (SSSR count). The van der Waals surface area contributed by atoms with E-state index in [9.17, 15) is 4.79 Å². The number of amides is 1. The number of rotatable bonds is 2. The highest BCUT2D eigenvalue weighted by molar-refractivity contribution is 5.92. The van der Waals surface area contributed by atoms with Gasteiger partial charge in [0.2, 0.25) is 0 Å². The van der Waals surface area contributed by atoms with Crippen molar-refractivity contribution in [1.82, 2.24) is 25.2 Å². The molecule has 7 heteroatoms. The molecule has 2 saturated heterocycles. The van der Waals surface area contributed by atoms with Gasteiger partial charge >= 0.3 is 0 Å². The van der Waals surface area contributed by atoms with E-state index in [1.807, 2.05) is 15.8 Å². The number of aromatic nitrogens is 3. The molecule has 1 amide bonds. The molecule has 3 fully saturated rings. The average Bonchev–Trinajstić information content (AvgIpc) is 3.22. The molecule has 0 aromatic carbocycles. The van der Waals surface area contributed by atoms with Crippen molar-refractivity contribution in [2.45, 2.75) is 44.6 Å². The molecule has 23 heavy (non-hydrogen) atoms. The second kappa shape index (κ2) is 7.18. The van der Waals surface area contributed by atoms with Crippen LogP contribution in [0.2, 0.25) is 0 Å². The Labute approximate surface area is 143 Å². The van der Waals surface area contributed by atoms with Gasteiger partial charge in [0.15, 0.2) is 5.69 Å². The number of carbonyl (C=O) groups excluding carboxylic acids is 1. The quantitative estimate of drug-likeness (QED) is 0.893. The topological polar surface area (TPSA) is 63.1 Å². The molecular formula is C16H26ClN5O. The molecule has 2 aliphatic heterocycles. The average molecular weight is 340 g/mol. The number of hydrogen-bond donors (Lipinski definition) is 1. The van der Waals surface area contributed by atoms with Crippen LogP contribution < -0.4 is 5.32 Å². The lowest BCUT2D eigenvalue weighted by Gasteiger charge is -2.22. The summed E-state index contributed by atoms with van der Waals surface area (Å²) < 4.78 is 1.90. The Bertz CT molecular complexity index is 528. The van der Waals surface area contributed by atoms with Crippen LogP contribution in [0.4, 0.5) is 0 Å². The maximum Gasteiger partial charge on any atom is 0.276 e. The predicted molar refractivity (Wildman–Crippen MR) is 89.8 cm³/mol. The fourth-order valence-electron chi connectivity index (χ4n) is 4.36. The number of halogens is 1. The zero-order valence-electron chi connectivity index (χ0n) is 13.5. The molecule has 1 N–H and O–H groups in total. The standard InChI is InChI=1S/C16H25N5O.ClH/c22-16(20-9-12-3-1-2-4-13(12)10-20)15-11-21(19-18-15)14-5-7-17-8-6-14;/h11-14,17H,1-10H2;1H. The summed E-state index contributed by atoms with van der Waals surface area (Å²) in [7, 11) is 0. The Kier molecular flexibility index (Phi) is 5.21. The van der Waals surface area contributed by atoms with E-state index in [-0.39, 0.29) is 18.3 Å². The summed E-state index contributed by atoms with van der Waals surface area (Å²) in [5.41, 5.74) is 0.525. The molecule has 1 aliphatic carbocycles. The zero-order chi connectivity index (χ0) is 14.9. The number of nitrogens with zero attached hydrogens (tertiary/aromatic N) is 4. The Balaban J connectivity index is 0.00000156. The fourth-order valence-corrected chi connectivity index (χ4v) is 4.36. The van der Waals surface area contributed by atoms with Gasteiger partial charge in [-0.15, -0.1) is 17.5 Å². The summed E-state index contributed by atoms with van der Waals surface area (Å²) in [4.78, 5) is 14.7. The van der Waals surface area contributed by atoms with E-state index in [0.717, 1.165) is 50.9 Å². The zero-order valence-corrected chi connectivity index (χ0v) is 14.3. The summed E-state index contributed by atoms with van der Waals surface area (Å²) >= 11 is 0. The first-order valence-corrected chi connectivity index (χ1v) is 8.73. The van der Waals surface area contributed by atoms with Crippen molar-refractivity contribution < 1.29 is 4.79 Å². The number of likely N-dealkylation sites (tertiary alicyclic amines) is 1. The fraction of sp³-hybridized carbons (Fsp3) is 0.812. The number of carbonyl (C=O) groups is 1. The molecule has 1 aromatic heterocycles. The summed E-state index contributed by atoms with van der Waals surface area (Å²) in [6.07, 6.45) is 9.21. The van der Waals surface area contributed by atoms with Gasteiger partial charge in [-0.05, 0) is 50.6 Å². The van der Waals surface area contributed by atoms with Gasteiger partial charge in [-0.1, -0.05) is 18.1 Å². The predicted octanol–water partition coefficient (Wildman–Crippen LogP) is 1.89. The first kappa shape index (κ1) is 16.7. The minimum atomic E-state index is 0. The second-order valence-electron chi connectivity index (χ2n) is 7.08. The molecule has 2 atom stereocenters. The summed E-state index contributed by atoms with van der Waals surface area (Å²) in [6, 6.07) is 0.386. The molecule has 1 saturated carbocycles. The largest absolute Gasteiger partial charge is 0.337 e. The van der Waals surface area contributed by atoms with Crippen molar-refractivity contribution in [1.29, 1.82) is 0 Å². The SMILES string of the molecule is Cl.O=C(c1cn(C2CCNCC2)nn1)N1CC2CCCCC2C1. The van der Waals surface area contributed by atoms with Gasteiger partial charge in [0, 0.05) is 13.1 Å². The lowest BCUT2D eigenvalue weighted by Crippen LogP contribution is -2.30. The molecule has 0 radical (unpaired) electrons. The third-order valence-corrected chi connectivity index (χ3v) is 5.68. The minimum Gasteiger partial charge on any atom is -0.337 e. The summed E-state index contributed by atoms with van der Waals surface area (Å²) in [5, 5.41) is 11.7. The number of hydrogen-bond acceptors (Lipinski definition) is 4. The first-order chi connectivity index (χ1) is 10.8. The van der Waals surface area contributed by atoms with Gasteiger partial charge in [-0.2, -0.15) is 0 Å². The molecule has 3 aliphatic rings. The summed E-state index contributed by atoms with van der Waals surface area (Å²) in [5.74, 6) is 1.52. The highest BCUT2D eigenvalue weighted by Gasteiger charge is 2.37. The van der Waals surface area contributed by atoms with E-state index in [2.05, 4.69) is 15.6 Å². The summed E-state index contributed by atoms with van der Waals surface area (Å²) in [6.45, 7) is 3.88. The van der Waals surface area contributed by atoms with E-state index in [1.54, 1.807) is 0 Å². The third kappa shape index (κ3) is 3.38. The van der Waals surface area contributed by atoms with E-state index in [4.69, 9.17) is 0 Å². The van der Waals surface area contributed by atoms with Crippen LogP contribution in [0.1, 0.15) is 55.1 Å². The molecule has 128 valence electrons. The molecule has 0 bridgehead atoms. The van der Waals surface area contributed by atoms with E-state index in [1.165, 1.54) is 25.7 Å². The van der Waals surface area contributed by atoms with Gasteiger partial charge in [-0.3, -0.25) is 4.79 Å². The van der Waals surface area contributed by atoms with Crippen LogP contribution >= 0.6 is 12.4 Å². The van der Waals surface area contributed by atoms with Crippen LogP contribution in [0, 0.1) is 11.8 Å². The normalized spacial score (nSPS) is 28.3. The smallest absolute Gasteiger partial charge is 0.276 e. The highest BCUT2D eigenvalue weighted by Crippen LogP contribution is 2.36. The lowest BCUT2D eigenvalue weighted by molar-refractivity contribution is 0.0778. The number of nitrogens with one attached hydrogen (secondary N) is 1. The number of piperidine rings is 1. The lowest BCUT2D eigenvalue weighted by atomic mass is 9.82. The second-order valence-corrected chi connectivity index (χ2v) is 7.08. The van der Waals surface area contributed by atoms with Crippen LogP contribution in [0.25, 0.3) is 0 Å². The van der Waals surface area contributed by atoms with E-state index in [0.29, 0.717) is 11.7 Å². The molecule has 3 heterocycles. The van der Waals surface area contributed by atoms with E-state index >= 15 is 0 Å².